The van der Waals surface area contributed by atoms with Crippen LogP contribution in [0.25, 0.3) is 11.0 Å². The molecule has 4 aromatic rings. The van der Waals surface area contributed by atoms with E-state index in [0.29, 0.717) is 39.4 Å². The van der Waals surface area contributed by atoms with E-state index in [1.54, 1.807) is 86.8 Å². The highest BCUT2D eigenvalue weighted by Gasteiger charge is 2.16. The van der Waals surface area contributed by atoms with Crippen LogP contribution in [0.1, 0.15) is 27.8 Å². The Labute approximate surface area is 208 Å². The Morgan fingerprint density at radius 3 is 2.53 bits per heavy atom. The first-order chi connectivity index (χ1) is 17.4. The van der Waals surface area contributed by atoms with Crippen LogP contribution in [0, 0.1) is 0 Å². The van der Waals surface area contributed by atoms with Gasteiger partial charge in [0.25, 0.3) is 11.8 Å². The molecule has 0 spiro atoms. The van der Waals surface area contributed by atoms with Crippen molar-refractivity contribution >= 4 is 34.2 Å². The molecule has 0 radical (unpaired) electrons. The van der Waals surface area contributed by atoms with E-state index in [2.05, 4.69) is 10.6 Å². The molecule has 4 N–H and O–H groups in total. The number of nitrogen functional groups attached to an aromatic ring is 1. The minimum absolute atomic E-state index is 0.167. The molecular weight excluding hydrogens is 462 g/mol. The maximum Gasteiger partial charge on any atom is 0.287 e. The summed E-state index contributed by atoms with van der Waals surface area (Å²) in [7, 11) is 1.55. The molecule has 4 rings (SSSR count). The number of methoxy groups -OCH3 is 1. The van der Waals surface area contributed by atoms with Crippen LogP contribution in [-0.4, -0.2) is 38.4 Å². The average molecular weight is 490 g/mol. The first-order valence-electron chi connectivity index (χ1n) is 11.3. The van der Waals surface area contributed by atoms with E-state index in [-0.39, 0.29) is 30.7 Å². The van der Waals surface area contributed by atoms with Crippen molar-refractivity contribution in [3.8, 4) is 11.5 Å². The van der Waals surface area contributed by atoms with Crippen molar-refractivity contribution in [2.75, 3.05) is 31.3 Å². The molecule has 1 aromatic heterocycles. The highest BCUT2D eigenvalue weighted by molar-refractivity contribution is 6.05. The number of para-hydroxylation sites is 2. The van der Waals surface area contributed by atoms with E-state index >= 15 is 0 Å². The summed E-state index contributed by atoms with van der Waals surface area (Å²) in [5.41, 5.74) is 7.91. The van der Waals surface area contributed by atoms with Crippen LogP contribution in [0.4, 0.5) is 11.4 Å². The maximum atomic E-state index is 12.5. The van der Waals surface area contributed by atoms with Crippen LogP contribution >= 0.6 is 0 Å². The molecule has 1 unspecified atom stereocenters. The third-order valence-corrected chi connectivity index (χ3v) is 5.35. The Morgan fingerprint density at radius 1 is 1.00 bits per heavy atom. The van der Waals surface area contributed by atoms with Crippen molar-refractivity contribution < 1.29 is 28.2 Å². The standard InChI is InChI=1S/C27H27N3O6/c1-17(33-2)35-23-8-5-9-24-20(23)16-25(36-24)27(32)29-14-15-34-19-12-10-18(11-13-19)26(31)30-22-7-4-3-6-21(22)28/h3-13,16-17H,14-15,28H2,1-2H3,(H,29,32)(H,30,31). The number of nitrogens with two attached hydrogens (primary N) is 1. The molecule has 0 aliphatic carbocycles. The average Bonchev–Trinajstić information content (AvgIpc) is 3.34. The van der Waals surface area contributed by atoms with Crippen LogP contribution in [0.2, 0.25) is 0 Å². The highest BCUT2D eigenvalue weighted by Crippen LogP contribution is 2.29. The van der Waals surface area contributed by atoms with E-state index in [4.69, 9.17) is 24.4 Å². The Bertz CT molecular complexity index is 1350. The normalized spacial score (nSPS) is 11.6. The molecule has 0 aliphatic rings. The molecule has 9 nitrogen and oxygen atoms in total. The van der Waals surface area contributed by atoms with Gasteiger partial charge in [-0.2, -0.15) is 0 Å². The predicted octanol–water partition coefficient (Wildman–Crippen LogP) is 4.45. The monoisotopic (exact) mass is 489 g/mol. The number of furan rings is 1. The first kappa shape index (κ1) is 24.6. The number of anilines is 2. The number of fused-ring (bicyclic) bond motifs is 1. The summed E-state index contributed by atoms with van der Waals surface area (Å²) in [6.07, 6.45) is -0.439. The lowest BCUT2D eigenvalue weighted by Crippen LogP contribution is -2.27. The topological polar surface area (TPSA) is 125 Å². The number of amides is 2. The van der Waals surface area contributed by atoms with Gasteiger partial charge < -0.3 is 35.0 Å². The van der Waals surface area contributed by atoms with E-state index in [1.807, 2.05) is 0 Å². The van der Waals surface area contributed by atoms with Gasteiger partial charge in [-0.3, -0.25) is 9.59 Å². The quantitative estimate of drug-likeness (QED) is 0.171. The fourth-order valence-corrected chi connectivity index (χ4v) is 3.40. The number of rotatable bonds is 10. The number of ether oxygens (including phenoxy) is 3. The summed E-state index contributed by atoms with van der Waals surface area (Å²) >= 11 is 0. The summed E-state index contributed by atoms with van der Waals surface area (Å²) in [6.45, 7) is 2.27. The van der Waals surface area contributed by atoms with Gasteiger partial charge in [0.2, 0.25) is 0 Å². The van der Waals surface area contributed by atoms with Gasteiger partial charge in [-0.25, -0.2) is 0 Å². The number of hydrogen-bond acceptors (Lipinski definition) is 7. The first-order valence-corrected chi connectivity index (χ1v) is 11.3. The lowest BCUT2D eigenvalue weighted by molar-refractivity contribution is -0.0373. The van der Waals surface area contributed by atoms with E-state index in [9.17, 15) is 9.59 Å². The molecule has 36 heavy (non-hydrogen) atoms. The zero-order valence-corrected chi connectivity index (χ0v) is 19.9. The molecule has 3 aromatic carbocycles. The number of carbonyl (C=O) groups is 2. The molecule has 0 saturated heterocycles. The Hall–Kier alpha value is -4.50. The fourth-order valence-electron chi connectivity index (χ4n) is 3.40. The van der Waals surface area contributed by atoms with Crippen molar-refractivity contribution in [2.24, 2.45) is 0 Å². The van der Waals surface area contributed by atoms with Crippen LogP contribution < -0.4 is 25.8 Å². The van der Waals surface area contributed by atoms with E-state index in [0.717, 1.165) is 0 Å². The van der Waals surface area contributed by atoms with Crippen LogP contribution in [0.5, 0.6) is 11.5 Å². The van der Waals surface area contributed by atoms with Crippen molar-refractivity contribution in [3.05, 3.63) is 84.1 Å². The Balaban J connectivity index is 1.27. The van der Waals surface area contributed by atoms with Gasteiger partial charge in [0.05, 0.1) is 23.3 Å². The number of carbonyl (C=O) groups excluding carboxylic acids is 2. The van der Waals surface area contributed by atoms with Crippen molar-refractivity contribution in [1.29, 1.82) is 0 Å². The van der Waals surface area contributed by atoms with Gasteiger partial charge >= 0.3 is 0 Å². The van der Waals surface area contributed by atoms with Gasteiger partial charge in [0.15, 0.2) is 12.1 Å². The lowest BCUT2D eigenvalue weighted by atomic mass is 10.2. The van der Waals surface area contributed by atoms with Crippen molar-refractivity contribution in [3.63, 3.8) is 0 Å². The smallest absolute Gasteiger partial charge is 0.287 e. The van der Waals surface area contributed by atoms with Crippen LogP contribution in [0.3, 0.4) is 0 Å². The molecular formula is C27H27N3O6. The molecule has 1 atom stereocenters. The second kappa shape index (κ2) is 11.3. The number of hydrogen-bond donors (Lipinski definition) is 3. The second-order valence-corrected chi connectivity index (χ2v) is 7.87. The number of nitrogens with one attached hydrogen (secondary N) is 2. The van der Waals surface area contributed by atoms with Crippen LogP contribution in [0.15, 0.2) is 77.2 Å². The van der Waals surface area contributed by atoms with Crippen LogP contribution in [-0.2, 0) is 4.74 Å². The van der Waals surface area contributed by atoms with Gasteiger partial charge in [-0.1, -0.05) is 18.2 Å². The van der Waals surface area contributed by atoms with E-state index in [1.165, 1.54) is 0 Å². The molecule has 2 amide bonds. The predicted molar refractivity (Wildman–Crippen MR) is 136 cm³/mol. The zero-order chi connectivity index (χ0) is 25.5. The fraction of sp³-hybridized carbons (Fsp3) is 0.185. The summed E-state index contributed by atoms with van der Waals surface area (Å²) < 4.78 is 22.2. The summed E-state index contributed by atoms with van der Waals surface area (Å²) in [5.74, 6) is 0.659. The van der Waals surface area contributed by atoms with Gasteiger partial charge in [0, 0.05) is 18.7 Å². The lowest BCUT2D eigenvalue weighted by Gasteiger charge is -2.12. The molecule has 0 saturated carbocycles. The summed E-state index contributed by atoms with van der Waals surface area (Å²) in [5, 5.41) is 6.22. The van der Waals surface area contributed by atoms with Crippen molar-refractivity contribution in [1.82, 2.24) is 5.32 Å². The molecule has 0 bridgehead atoms. The number of benzene rings is 3. The minimum atomic E-state index is -0.439. The summed E-state index contributed by atoms with van der Waals surface area (Å²) in [4.78, 5) is 25.0. The third kappa shape index (κ3) is 5.94. The Morgan fingerprint density at radius 2 is 1.78 bits per heavy atom. The SMILES string of the molecule is COC(C)Oc1cccc2oc(C(=O)NCCOc3ccc(C(=O)Nc4ccccc4N)cc3)cc12. The molecule has 1 heterocycles. The van der Waals surface area contributed by atoms with Gasteiger partial charge in [-0.15, -0.1) is 0 Å². The molecule has 0 aliphatic heterocycles. The highest BCUT2D eigenvalue weighted by atomic mass is 16.7. The van der Waals surface area contributed by atoms with Gasteiger partial charge in [-0.05, 0) is 55.5 Å². The maximum absolute atomic E-state index is 12.5. The largest absolute Gasteiger partial charge is 0.492 e. The minimum Gasteiger partial charge on any atom is -0.492 e. The van der Waals surface area contributed by atoms with E-state index < -0.39 is 6.29 Å². The Kier molecular flexibility index (Phi) is 7.72. The molecule has 0 fully saturated rings. The zero-order valence-electron chi connectivity index (χ0n) is 19.9. The summed E-state index contributed by atoms with van der Waals surface area (Å²) in [6, 6.07) is 20.7. The third-order valence-electron chi connectivity index (χ3n) is 5.35. The second-order valence-electron chi connectivity index (χ2n) is 7.87. The molecule has 186 valence electrons. The van der Waals surface area contributed by atoms with Gasteiger partial charge in [0.1, 0.15) is 23.7 Å². The van der Waals surface area contributed by atoms with Crippen molar-refractivity contribution in [2.45, 2.75) is 13.2 Å². The molecule has 9 heteroatoms.